The molecule has 0 saturated carbocycles. The lowest BCUT2D eigenvalue weighted by atomic mass is 10.0. The van der Waals surface area contributed by atoms with E-state index < -0.39 is 0 Å². The van der Waals surface area contributed by atoms with Crippen LogP contribution in [0.3, 0.4) is 0 Å². The molecule has 2 unspecified atom stereocenters. The quantitative estimate of drug-likeness (QED) is 0.720. The molecule has 0 aliphatic carbocycles. The molecule has 1 heterocycles. The molecule has 0 radical (unpaired) electrons. The van der Waals surface area contributed by atoms with E-state index in [0.717, 1.165) is 13.0 Å². The van der Waals surface area contributed by atoms with Gasteiger partial charge in [0.25, 0.3) is 0 Å². The van der Waals surface area contributed by atoms with Crippen LogP contribution in [-0.2, 0) is 6.54 Å². The van der Waals surface area contributed by atoms with Gasteiger partial charge in [-0.25, -0.2) is 0 Å². The third-order valence-corrected chi connectivity index (χ3v) is 3.12. The molecule has 0 bridgehead atoms. The van der Waals surface area contributed by atoms with E-state index >= 15 is 0 Å². The number of anilines is 1. The van der Waals surface area contributed by atoms with E-state index in [0.29, 0.717) is 36.3 Å². The van der Waals surface area contributed by atoms with E-state index in [9.17, 15) is 0 Å². The second kappa shape index (κ2) is 8.15. The second-order valence-electron chi connectivity index (χ2n) is 5.82. The van der Waals surface area contributed by atoms with Gasteiger partial charge < -0.3 is 15.1 Å². The summed E-state index contributed by atoms with van der Waals surface area (Å²) in [4.78, 5) is 0. The lowest BCUT2D eigenvalue weighted by Crippen LogP contribution is -2.19. The Morgan fingerprint density at radius 1 is 1.16 bits per heavy atom. The minimum Gasteiger partial charge on any atom is -0.407 e. The van der Waals surface area contributed by atoms with Gasteiger partial charge in [0, 0.05) is 6.04 Å². The van der Waals surface area contributed by atoms with Crippen molar-refractivity contribution in [2.75, 3.05) is 11.9 Å². The van der Waals surface area contributed by atoms with Crippen molar-refractivity contribution >= 4 is 6.01 Å². The molecule has 0 amide bonds. The largest absolute Gasteiger partial charge is 0.407 e. The van der Waals surface area contributed by atoms with Crippen LogP contribution in [0, 0.1) is 11.8 Å². The normalized spacial score (nSPS) is 14.6. The zero-order valence-corrected chi connectivity index (χ0v) is 12.9. The van der Waals surface area contributed by atoms with Gasteiger partial charge in [0.15, 0.2) is 0 Å². The third-order valence-electron chi connectivity index (χ3n) is 3.12. The molecular formula is C14H28N4O. The summed E-state index contributed by atoms with van der Waals surface area (Å²) in [6.45, 7) is 12.5. The Balaban J connectivity index is 2.33. The molecule has 1 rings (SSSR count). The number of hydrogen-bond donors (Lipinski definition) is 2. The maximum absolute atomic E-state index is 5.56. The minimum absolute atomic E-state index is 0.354. The first-order valence-electron chi connectivity index (χ1n) is 7.30. The van der Waals surface area contributed by atoms with Crippen LogP contribution >= 0.6 is 0 Å². The highest BCUT2D eigenvalue weighted by Gasteiger charge is 2.11. The number of rotatable bonds is 9. The average Bonchev–Trinajstić information content (AvgIpc) is 2.75. The van der Waals surface area contributed by atoms with Crippen LogP contribution in [0.15, 0.2) is 4.42 Å². The highest BCUT2D eigenvalue weighted by atomic mass is 16.4. The van der Waals surface area contributed by atoms with Gasteiger partial charge in [-0.1, -0.05) is 39.2 Å². The molecule has 5 nitrogen and oxygen atoms in total. The van der Waals surface area contributed by atoms with Crippen LogP contribution in [0.2, 0.25) is 0 Å². The highest BCUT2D eigenvalue weighted by molar-refractivity contribution is 5.18. The Bertz CT molecular complexity index is 351. The Morgan fingerprint density at radius 2 is 1.89 bits per heavy atom. The van der Waals surface area contributed by atoms with E-state index in [1.165, 1.54) is 6.42 Å². The maximum Gasteiger partial charge on any atom is 0.315 e. The molecule has 0 fully saturated rings. The van der Waals surface area contributed by atoms with Crippen molar-refractivity contribution < 1.29 is 4.42 Å². The fraction of sp³-hybridized carbons (Fsp3) is 0.857. The van der Waals surface area contributed by atoms with Crippen molar-refractivity contribution in [3.05, 3.63) is 5.89 Å². The van der Waals surface area contributed by atoms with Crippen molar-refractivity contribution in [3.63, 3.8) is 0 Å². The Morgan fingerprint density at radius 3 is 2.53 bits per heavy atom. The van der Waals surface area contributed by atoms with E-state index in [1.54, 1.807) is 0 Å². The van der Waals surface area contributed by atoms with Gasteiger partial charge in [-0.2, -0.15) is 0 Å². The Hall–Kier alpha value is -1.10. The minimum atomic E-state index is 0.354. The summed E-state index contributed by atoms with van der Waals surface area (Å²) in [5.74, 6) is 1.97. The van der Waals surface area contributed by atoms with Crippen LogP contribution < -0.4 is 10.6 Å². The molecule has 19 heavy (non-hydrogen) atoms. The molecule has 2 N–H and O–H groups in total. The van der Waals surface area contributed by atoms with Crippen molar-refractivity contribution in [2.24, 2.45) is 11.8 Å². The molecule has 2 atom stereocenters. The number of aromatic nitrogens is 2. The molecule has 0 aliphatic rings. The van der Waals surface area contributed by atoms with Crippen molar-refractivity contribution in [2.45, 2.75) is 60.0 Å². The zero-order chi connectivity index (χ0) is 14.3. The van der Waals surface area contributed by atoms with Crippen LogP contribution in [0.1, 0.15) is 53.4 Å². The van der Waals surface area contributed by atoms with Crippen LogP contribution in [0.5, 0.6) is 0 Å². The first-order chi connectivity index (χ1) is 9.01. The summed E-state index contributed by atoms with van der Waals surface area (Å²) in [6, 6.07) is 0.879. The summed E-state index contributed by atoms with van der Waals surface area (Å²) < 4.78 is 5.56. The average molecular weight is 268 g/mol. The lowest BCUT2D eigenvalue weighted by molar-refractivity contribution is 0.444. The topological polar surface area (TPSA) is 63.0 Å². The van der Waals surface area contributed by atoms with Crippen LogP contribution in [0.25, 0.3) is 0 Å². The monoisotopic (exact) mass is 268 g/mol. The lowest BCUT2D eigenvalue weighted by Gasteiger charge is -2.15. The Labute approximate surface area is 116 Å². The summed E-state index contributed by atoms with van der Waals surface area (Å²) in [5.41, 5.74) is 0. The molecule has 0 spiro atoms. The predicted octanol–water partition coefficient (Wildman–Crippen LogP) is 3.05. The number of nitrogens with one attached hydrogen (secondary N) is 2. The first kappa shape index (κ1) is 16.0. The third kappa shape index (κ3) is 6.57. The first-order valence-corrected chi connectivity index (χ1v) is 7.30. The van der Waals surface area contributed by atoms with Gasteiger partial charge in [-0.15, -0.1) is 5.10 Å². The standard InChI is InChI=1S/C14H28N4O/c1-6-11(4)7-12(5)16-14-18-17-13(19-14)9-15-8-10(2)3/h10-12,15H,6-9H2,1-5H3,(H,16,18). The van der Waals surface area contributed by atoms with Gasteiger partial charge in [0.05, 0.1) is 6.54 Å². The van der Waals surface area contributed by atoms with Gasteiger partial charge in [-0.05, 0) is 31.7 Å². The number of nitrogens with zero attached hydrogens (tertiary/aromatic N) is 2. The SMILES string of the molecule is CCC(C)CC(C)Nc1nnc(CNCC(C)C)o1. The smallest absolute Gasteiger partial charge is 0.315 e. The van der Waals surface area contributed by atoms with Gasteiger partial charge in [-0.3, -0.25) is 0 Å². The molecule has 1 aromatic rings. The van der Waals surface area contributed by atoms with Crippen molar-refractivity contribution in [1.29, 1.82) is 0 Å². The second-order valence-corrected chi connectivity index (χ2v) is 5.82. The molecule has 1 aromatic heterocycles. The van der Waals surface area contributed by atoms with Crippen molar-refractivity contribution in [1.82, 2.24) is 15.5 Å². The maximum atomic E-state index is 5.56. The molecule has 110 valence electrons. The molecule has 0 aromatic carbocycles. The number of hydrogen-bond acceptors (Lipinski definition) is 5. The predicted molar refractivity (Wildman–Crippen MR) is 78.0 cm³/mol. The van der Waals surface area contributed by atoms with Crippen LogP contribution in [0.4, 0.5) is 6.01 Å². The molecule has 0 saturated heterocycles. The highest BCUT2D eigenvalue weighted by Crippen LogP contribution is 2.14. The van der Waals surface area contributed by atoms with E-state index in [2.05, 4.69) is 55.4 Å². The van der Waals surface area contributed by atoms with E-state index in [1.807, 2.05) is 0 Å². The summed E-state index contributed by atoms with van der Waals surface area (Å²) >= 11 is 0. The summed E-state index contributed by atoms with van der Waals surface area (Å²) in [6.07, 6.45) is 2.31. The van der Waals surface area contributed by atoms with Gasteiger partial charge in [0.1, 0.15) is 0 Å². The summed E-state index contributed by atoms with van der Waals surface area (Å²) in [5, 5.41) is 14.6. The Kier molecular flexibility index (Phi) is 6.84. The molecule has 0 aliphatic heterocycles. The van der Waals surface area contributed by atoms with Crippen molar-refractivity contribution in [3.8, 4) is 0 Å². The fourth-order valence-corrected chi connectivity index (χ4v) is 1.89. The van der Waals surface area contributed by atoms with E-state index in [4.69, 9.17) is 4.42 Å². The van der Waals surface area contributed by atoms with E-state index in [-0.39, 0.29) is 0 Å². The fourth-order valence-electron chi connectivity index (χ4n) is 1.89. The molecule has 5 heteroatoms. The zero-order valence-electron chi connectivity index (χ0n) is 12.9. The van der Waals surface area contributed by atoms with Crippen LogP contribution in [-0.4, -0.2) is 22.8 Å². The summed E-state index contributed by atoms with van der Waals surface area (Å²) in [7, 11) is 0. The molecular weight excluding hydrogens is 240 g/mol. The van der Waals surface area contributed by atoms with Gasteiger partial charge in [0.2, 0.25) is 5.89 Å². The van der Waals surface area contributed by atoms with Gasteiger partial charge >= 0.3 is 6.01 Å².